The van der Waals surface area contributed by atoms with Gasteiger partial charge < -0.3 is 4.74 Å². The van der Waals surface area contributed by atoms with Crippen LogP contribution in [0.15, 0.2) is 0 Å². The van der Waals surface area contributed by atoms with Crippen molar-refractivity contribution in [1.82, 2.24) is 5.43 Å². The van der Waals surface area contributed by atoms with Gasteiger partial charge in [0.1, 0.15) is 0 Å². The van der Waals surface area contributed by atoms with E-state index in [9.17, 15) is 0 Å². The molecule has 0 aromatic rings. The molecule has 2 atom stereocenters. The molecule has 0 amide bonds. The van der Waals surface area contributed by atoms with Gasteiger partial charge in [0.05, 0.1) is 5.60 Å². The van der Waals surface area contributed by atoms with Crippen LogP contribution in [-0.2, 0) is 4.74 Å². The normalized spacial score (nSPS) is 16.8. The predicted octanol–water partition coefficient (Wildman–Crippen LogP) is 3.38. The van der Waals surface area contributed by atoms with Crippen molar-refractivity contribution in [3.8, 4) is 0 Å². The van der Waals surface area contributed by atoms with Crippen LogP contribution in [0, 0.1) is 0 Å². The SMILES string of the molecule is CCCCCCCC(NN)C(C)(CC)OCC. The smallest absolute Gasteiger partial charge is 0.0817 e. The lowest BCUT2D eigenvalue weighted by molar-refractivity contribution is -0.0575. The highest BCUT2D eigenvalue weighted by Gasteiger charge is 2.31. The number of hydrazine groups is 1. The summed E-state index contributed by atoms with van der Waals surface area (Å²) in [6.45, 7) is 9.36. The van der Waals surface area contributed by atoms with E-state index >= 15 is 0 Å². The molecule has 0 bridgehead atoms. The molecule has 0 aliphatic carbocycles. The molecular weight excluding hydrogens is 212 g/mol. The van der Waals surface area contributed by atoms with Crippen LogP contribution in [0.25, 0.3) is 0 Å². The van der Waals surface area contributed by atoms with Gasteiger partial charge in [-0.25, -0.2) is 0 Å². The van der Waals surface area contributed by atoms with E-state index in [1.165, 1.54) is 32.1 Å². The molecule has 0 heterocycles. The fourth-order valence-electron chi connectivity index (χ4n) is 2.30. The summed E-state index contributed by atoms with van der Waals surface area (Å²) in [5.41, 5.74) is 2.81. The standard InChI is InChI=1S/C14H32N2O/c1-5-8-9-10-11-12-13(16-15)14(4,6-2)17-7-3/h13,16H,5-12,15H2,1-4H3. The van der Waals surface area contributed by atoms with Gasteiger partial charge in [0.2, 0.25) is 0 Å². The molecule has 3 heteroatoms. The highest BCUT2D eigenvalue weighted by Crippen LogP contribution is 2.23. The van der Waals surface area contributed by atoms with E-state index < -0.39 is 0 Å². The van der Waals surface area contributed by atoms with Crippen molar-refractivity contribution in [3.05, 3.63) is 0 Å². The summed E-state index contributed by atoms with van der Waals surface area (Å²) in [7, 11) is 0. The van der Waals surface area contributed by atoms with Gasteiger partial charge in [0, 0.05) is 12.6 Å². The fraction of sp³-hybridized carbons (Fsp3) is 1.00. The number of nitrogens with two attached hydrogens (primary N) is 1. The van der Waals surface area contributed by atoms with Crippen LogP contribution in [0.4, 0.5) is 0 Å². The van der Waals surface area contributed by atoms with Crippen molar-refractivity contribution in [2.45, 2.75) is 84.3 Å². The first-order valence-electron chi connectivity index (χ1n) is 7.24. The molecule has 104 valence electrons. The molecule has 0 spiro atoms. The molecule has 0 aliphatic heterocycles. The topological polar surface area (TPSA) is 47.3 Å². The lowest BCUT2D eigenvalue weighted by Crippen LogP contribution is -2.52. The third-order valence-electron chi connectivity index (χ3n) is 3.71. The molecule has 17 heavy (non-hydrogen) atoms. The molecule has 3 nitrogen and oxygen atoms in total. The zero-order chi connectivity index (χ0) is 13.1. The number of hydrogen-bond acceptors (Lipinski definition) is 3. The van der Waals surface area contributed by atoms with Gasteiger partial charge in [-0.1, -0.05) is 46.0 Å². The molecule has 3 N–H and O–H groups in total. The second-order valence-electron chi connectivity index (χ2n) is 5.02. The largest absolute Gasteiger partial charge is 0.374 e. The molecule has 0 saturated heterocycles. The van der Waals surface area contributed by atoms with Gasteiger partial charge in [-0.3, -0.25) is 11.3 Å². The van der Waals surface area contributed by atoms with Crippen LogP contribution >= 0.6 is 0 Å². The van der Waals surface area contributed by atoms with E-state index in [2.05, 4.69) is 26.2 Å². The van der Waals surface area contributed by atoms with Crippen molar-refractivity contribution < 1.29 is 4.74 Å². The lowest BCUT2D eigenvalue weighted by atomic mass is 9.89. The van der Waals surface area contributed by atoms with Crippen molar-refractivity contribution in [2.75, 3.05) is 6.61 Å². The molecule has 0 rings (SSSR count). The first kappa shape index (κ1) is 16.9. The Bertz CT molecular complexity index is 176. The minimum Gasteiger partial charge on any atom is -0.374 e. The third-order valence-corrected chi connectivity index (χ3v) is 3.71. The number of rotatable bonds is 11. The summed E-state index contributed by atoms with van der Waals surface area (Å²) in [5, 5.41) is 0. The predicted molar refractivity (Wildman–Crippen MR) is 74.8 cm³/mol. The first-order valence-corrected chi connectivity index (χ1v) is 7.24. The molecule has 0 aliphatic rings. The van der Waals surface area contributed by atoms with Crippen LogP contribution in [-0.4, -0.2) is 18.2 Å². The van der Waals surface area contributed by atoms with Crippen LogP contribution in [0.5, 0.6) is 0 Å². The maximum absolute atomic E-state index is 5.87. The number of nitrogens with one attached hydrogen (secondary N) is 1. The summed E-state index contributed by atoms with van der Waals surface area (Å²) in [6.07, 6.45) is 8.61. The number of ether oxygens (including phenoxy) is 1. The highest BCUT2D eigenvalue weighted by molar-refractivity contribution is 4.87. The molecule has 0 aromatic heterocycles. The van der Waals surface area contributed by atoms with Crippen molar-refractivity contribution in [3.63, 3.8) is 0 Å². The van der Waals surface area contributed by atoms with Crippen molar-refractivity contribution in [2.24, 2.45) is 5.84 Å². The third kappa shape index (κ3) is 6.39. The van der Waals surface area contributed by atoms with Crippen molar-refractivity contribution in [1.29, 1.82) is 0 Å². The maximum atomic E-state index is 5.87. The summed E-state index contributed by atoms with van der Waals surface area (Å²) >= 11 is 0. The Labute approximate surface area is 107 Å². The van der Waals surface area contributed by atoms with E-state index in [-0.39, 0.29) is 11.6 Å². The van der Waals surface area contributed by atoms with E-state index in [0.29, 0.717) is 0 Å². The minimum absolute atomic E-state index is 0.131. The Morgan fingerprint density at radius 2 is 1.76 bits per heavy atom. The van der Waals surface area contributed by atoms with Gasteiger partial charge in [0.15, 0.2) is 0 Å². The Hall–Kier alpha value is -0.120. The first-order chi connectivity index (χ1) is 8.14. The summed E-state index contributed by atoms with van der Waals surface area (Å²) in [5.74, 6) is 5.68. The average Bonchev–Trinajstić information content (AvgIpc) is 2.34. The monoisotopic (exact) mass is 244 g/mol. The number of unbranched alkanes of at least 4 members (excludes halogenated alkanes) is 4. The second kappa shape index (κ2) is 9.86. The van der Waals surface area contributed by atoms with Gasteiger partial charge in [0.25, 0.3) is 0 Å². The van der Waals surface area contributed by atoms with Gasteiger partial charge in [-0.15, -0.1) is 0 Å². The van der Waals surface area contributed by atoms with E-state index in [0.717, 1.165) is 19.4 Å². The van der Waals surface area contributed by atoms with E-state index in [4.69, 9.17) is 10.6 Å². The molecule has 2 unspecified atom stereocenters. The van der Waals surface area contributed by atoms with Crippen LogP contribution < -0.4 is 11.3 Å². The highest BCUT2D eigenvalue weighted by atomic mass is 16.5. The maximum Gasteiger partial charge on any atom is 0.0817 e. The second-order valence-corrected chi connectivity index (χ2v) is 5.02. The molecule has 0 radical (unpaired) electrons. The quantitative estimate of drug-likeness (QED) is 0.333. The minimum atomic E-state index is -0.131. The van der Waals surface area contributed by atoms with Gasteiger partial charge >= 0.3 is 0 Å². The van der Waals surface area contributed by atoms with Crippen LogP contribution in [0.1, 0.15) is 72.6 Å². The molecule has 0 aromatic carbocycles. The Balaban J connectivity index is 4.02. The van der Waals surface area contributed by atoms with Crippen LogP contribution in [0.3, 0.4) is 0 Å². The van der Waals surface area contributed by atoms with E-state index in [1.54, 1.807) is 0 Å². The zero-order valence-corrected chi connectivity index (χ0v) is 12.2. The molecular formula is C14H32N2O. The summed E-state index contributed by atoms with van der Waals surface area (Å²) < 4.78 is 5.87. The summed E-state index contributed by atoms with van der Waals surface area (Å²) in [6, 6.07) is 0.258. The lowest BCUT2D eigenvalue weighted by Gasteiger charge is -2.36. The number of hydrogen-bond donors (Lipinski definition) is 2. The summed E-state index contributed by atoms with van der Waals surface area (Å²) in [4.78, 5) is 0. The Morgan fingerprint density at radius 3 is 2.24 bits per heavy atom. The van der Waals surface area contributed by atoms with E-state index in [1.807, 2.05) is 6.92 Å². The van der Waals surface area contributed by atoms with Gasteiger partial charge in [-0.2, -0.15) is 0 Å². The van der Waals surface area contributed by atoms with Gasteiger partial charge in [-0.05, 0) is 26.7 Å². The fourth-order valence-corrected chi connectivity index (χ4v) is 2.30. The van der Waals surface area contributed by atoms with Crippen molar-refractivity contribution >= 4 is 0 Å². The zero-order valence-electron chi connectivity index (χ0n) is 12.2. The average molecular weight is 244 g/mol. The van der Waals surface area contributed by atoms with Crippen LogP contribution in [0.2, 0.25) is 0 Å². The Morgan fingerprint density at radius 1 is 1.12 bits per heavy atom. The molecule has 0 fully saturated rings. The molecule has 0 saturated carbocycles. The Kier molecular flexibility index (Phi) is 9.79.